The lowest BCUT2D eigenvalue weighted by molar-refractivity contribution is -0.111. The van der Waals surface area contributed by atoms with Crippen LogP contribution >= 0.6 is 0 Å². The van der Waals surface area contributed by atoms with E-state index in [-0.39, 0.29) is 5.41 Å². The molecule has 0 aliphatic heterocycles. The summed E-state index contributed by atoms with van der Waals surface area (Å²) in [4.78, 5) is 11.1. The van der Waals surface area contributed by atoms with Crippen LogP contribution in [0.3, 0.4) is 0 Å². The lowest BCUT2D eigenvalue weighted by Crippen LogP contribution is -2.06. The van der Waals surface area contributed by atoms with Crippen LogP contribution in [0, 0.1) is 5.41 Å². The number of hydrogen-bond acceptors (Lipinski definition) is 1. The Morgan fingerprint density at radius 2 is 2.21 bits per heavy atom. The first-order valence-electron chi connectivity index (χ1n) is 5.15. The van der Waals surface area contributed by atoms with Crippen LogP contribution in [-0.4, -0.2) is 6.29 Å². The number of aldehydes is 1. The minimum Gasteiger partial charge on any atom is -0.302 e. The van der Waals surface area contributed by atoms with E-state index in [2.05, 4.69) is 24.3 Å². The number of carbonyl (C=O) groups is 1. The van der Waals surface area contributed by atoms with Gasteiger partial charge in [0, 0.05) is 5.92 Å². The normalized spacial score (nSPS) is 35.6. The van der Waals surface area contributed by atoms with E-state index in [4.69, 9.17) is 0 Å². The molecule has 0 heterocycles. The third kappa shape index (κ3) is 0.569. The molecule has 68 valence electrons. The largest absolute Gasteiger partial charge is 0.302 e. The molecule has 0 N–H and O–H groups in total. The van der Waals surface area contributed by atoms with E-state index in [1.165, 1.54) is 28.6 Å². The Hall–Kier alpha value is -1.37. The second-order valence-corrected chi connectivity index (χ2v) is 4.64. The molecular formula is C13H10O. The van der Waals surface area contributed by atoms with Crippen molar-refractivity contribution in [3.05, 3.63) is 41.0 Å². The molecule has 1 nitrogen and oxygen atoms in total. The molecule has 0 amide bonds. The van der Waals surface area contributed by atoms with Crippen LogP contribution in [0.25, 0.3) is 5.57 Å². The highest BCUT2D eigenvalue weighted by molar-refractivity contribution is 5.96. The maximum atomic E-state index is 11.1. The van der Waals surface area contributed by atoms with Crippen LogP contribution in [0.5, 0.6) is 0 Å². The number of fused-ring (bicyclic) bond motifs is 5. The molecular weight excluding hydrogens is 172 g/mol. The summed E-state index contributed by atoms with van der Waals surface area (Å²) in [5, 5.41) is 0. The van der Waals surface area contributed by atoms with Crippen LogP contribution in [0.2, 0.25) is 0 Å². The van der Waals surface area contributed by atoms with Crippen molar-refractivity contribution in [2.45, 2.75) is 18.8 Å². The topological polar surface area (TPSA) is 17.1 Å². The Morgan fingerprint density at radius 1 is 1.36 bits per heavy atom. The van der Waals surface area contributed by atoms with Crippen LogP contribution in [0.4, 0.5) is 0 Å². The molecule has 0 spiro atoms. The van der Waals surface area contributed by atoms with Gasteiger partial charge in [-0.2, -0.15) is 0 Å². The van der Waals surface area contributed by atoms with Gasteiger partial charge in [-0.1, -0.05) is 24.3 Å². The van der Waals surface area contributed by atoms with Crippen molar-refractivity contribution >= 4 is 11.9 Å². The fourth-order valence-corrected chi connectivity index (χ4v) is 3.11. The number of carbonyl (C=O) groups excluding carboxylic acids is 1. The van der Waals surface area contributed by atoms with Gasteiger partial charge < -0.3 is 4.79 Å². The highest BCUT2D eigenvalue weighted by Gasteiger charge is 2.64. The Morgan fingerprint density at radius 3 is 3.07 bits per heavy atom. The summed E-state index contributed by atoms with van der Waals surface area (Å²) >= 11 is 0. The van der Waals surface area contributed by atoms with Gasteiger partial charge in [-0.3, -0.25) is 0 Å². The molecule has 2 unspecified atom stereocenters. The van der Waals surface area contributed by atoms with Crippen LogP contribution in [0.1, 0.15) is 29.9 Å². The van der Waals surface area contributed by atoms with Crippen molar-refractivity contribution in [1.82, 2.24) is 0 Å². The van der Waals surface area contributed by atoms with E-state index in [0.717, 1.165) is 12.8 Å². The molecule has 1 heteroatoms. The lowest BCUT2D eigenvalue weighted by atomic mass is 9.90. The molecule has 0 bridgehead atoms. The second kappa shape index (κ2) is 1.85. The van der Waals surface area contributed by atoms with Crippen molar-refractivity contribution in [2.24, 2.45) is 5.41 Å². The zero-order valence-corrected chi connectivity index (χ0v) is 7.79. The molecule has 0 saturated heterocycles. The fourth-order valence-electron chi connectivity index (χ4n) is 3.11. The first kappa shape index (κ1) is 6.99. The number of allylic oxidation sites excluding steroid dienone is 2. The Bertz CT molecular complexity index is 498. The number of hydrogen-bond donors (Lipinski definition) is 0. The van der Waals surface area contributed by atoms with Gasteiger partial charge in [0.2, 0.25) is 0 Å². The number of rotatable bonds is 1. The molecule has 1 aromatic rings. The van der Waals surface area contributed by atoms with Crippen molar-refractivity contribution in [2.75, 3.05) is 0 Å². The van der Waals surface area contributed by atoms with E-state index in [9.17, 15) is 4.79 Å². The van der Waals surface area contributed by atoms with E-state index in [1.807, 2.05) is 0 Å². The molecule has 1 fully saturated rings. The van der Waals surface area contributed by atoms with Gasteiger partial charge in [0.05, 0.1) is 5.41 Å². The third-order valence-electron chi connectivity index (χ3n) is 4.03. The van der Waals surface area contributed by atoms with E-state index in [0.29, 0.717) is 5.92 Å². The summed E-state index contributed by atoms with van der Waals surface area (Å²) in [6.45, 7) is 0. The van der Waals surface area contributed by atoms with Crippen molar-refractivity contribution in [3.63, 3.8) is 0 Å². The average molecular weight is 182 g/mol. The molecule has 3 aliphatic rings. The second-order valence-electron chi connectivity index (χ2n) is 4.64. The summed E-state index contributed by atoms with van der Waals surface area (Å²) in [5.41, 5.74) is 5.69. The SMILES string of the molecule is O=CC12CC1c1ccccc1C1=C2C1. The number of benzene rings is 1. The van der Waals surface area contributed by atoms with Gasteiger partial charge >= 0.3 is 0 Å². The Balaban J connectivity index is 2.02. The summed E-state index contributed by atoms with van der Waals surface area (Å²) < 4.78 is 0. The molecule has 1 aromatic carbocycles. The molecule has 14 heavy (non-hydrogen) atoms. The summed E-state index contributed by atoms with van der Waals surface area (Å²) in [6, 6.07) is 8.57. The van der Waals surface area contributed by atoms with Gasteiger partial charge in [0.25, 0.3) is 0 Å². The first-order chi connectivity index (χ1) is 6.87. The highest BCUT2D eigenvalue weighted by atomic mass is 16.1. The van der Waals surface area contributed by atoms with E-state index in [1.54, 1.807) is 0 Å². The smallest absolute Gasteiger partial charge is 0.130 e. The monoisotopic (exact) mass is 182 g/mol. The van der Waals surface area contributed by atoms with Gasteiger partial charge in [-0.25, -0.2) is 0 Å². The standard InChI is InChI=1S/C13H10O/c14-7-13-6-12(13)9-4-2-1-3-8(9)10-5-11(10)13/h1-4,7,12H,5-6H2. The van der Waals surface area contributed by atoms with Crippen molar-refractivity contribution < 1.29 is 4.79 Å². The molecule has 1 saturated carbocycles. The lowest BCUT2D eigenvalue weighted by Gasteiger charge is -2.12. The zero-order valence-electron chi connectivity index (χ0n) is 7.79. The highest BCUT2D eigenvalue weighted by Crippen LogP contribution is 2.73. The summed E-state index contributed by atoms with van der Waals surface area (Å²) in [6.07, 6.45) is 3.34. The van der Waals surface area contributed by atoms with Crippen LogP contribution < -0.4 is 0 Å². The molecule has 0 radical (unpaired) electrons. The van der Waals surface area contributed by atoms with Gasteiger partial charge in [0.1, 0.15) is 6.29 Å². The molecule has 4 rings (SSSR count). The maximum absolute atomic E-state index is 11.1. The fraction of sp³-hybridized carbons (Fsp3) is 0.308. The van der Waals surface area contributed by atoms with Crippen molar-refractivity contribution in [3.8, 4) is 0 Å². The van der Waals surface area contributed by atoms with Crippen LogP contribution in [0.15, 0.2) is 29.8 Å². The average Bonchev–Trinajstić information content (AvgIpc) is 3.10. The molecule has 2 atom stereocenters. The molecule has 3 aliphatic carbocycles. The quantitative estimate of drug-likeness (QED) is 0.610. The van der Waals surface area contributed by atoms with Crippen LogP contribution in [-0.2, 0) is 4.79 Å². The summed E-state index contributed by atoms with van der Waals surface area (Å²) in [7, 11) is 0. The Labute approximate surface area is 82.4 Å². The van der Waals surface area contributed by atoms with Crippen molar-refractivity contribution in [1.29, 1.82) is 0 Å². The third-order valence-corrected chi connectivity index (χ3v) is 4.03. The van der Waals surface area contributed by atoms with Gasteiger partial charge in [-0.05, 0) is 35.1 Å². The predicted molar refractivity (Wildman–Crippen MR) is 53.8 cm³/mol. The maximum Gasteiger partial charge on any atom is 0.130 e. The first-order valence-corrected chi connectivity index (χ1v) is 5.15. The van der Waals surface area contributed by atoms with E-state index < -0.39 is 0 Å². The zero-order chi connectivity index (χ0) is 9.34. The van der Waals surface area contributed by atoms with Gasteiger partial charge in [0.15, 0.2) is 0 Å². The minimum absolute atomic E-state index is 0.0380. The predicted octanol–water partition coefficient (Wildman–Crippen LogP) is 2.53. The van der Waals surface area contributed by atoms with Gasteiger partial charge in [-0.15, -0.1) is 0 Å². The molecule has 0 aromatic heterocycles. The van der Waals surface area contributed by atoms with E-state index >= 15 is 0 Å². The Kier molecular flexibility index (Phi) is 0.926. The minimum atomic E-state index is -0.0380. The summed E-state index contributed by atoms with van der Waals surface area (Å²) in [5.74, 6) is 0.512.